The Balaban J connectivity index is 1.71. The molecule has 1 aliphatic rings. The van der Waals surface area contributed by atoms with E-state index in [9.17, 15) is 9.59 Å². The van der Waals surface area contributed by atoms with Crippen molar-refractivity contribution in [3.05, 3.63) is 51.3 Å². The second-order valence-corrected chi connectivity index (χ2v) is 6.53. The maximum absolute atomic E-state index is 12.5. The molecule has 2 N–H and O–H groups in total. The van der Waals surface area contributed by atoms with Gasteiger partial charge in [-0.1, -0.05) is 12.1 Å². The number of H-pyrrole nitrogens is 1. The summed E-state index contributed by atoms with van der Waals surface area (Å²) in [6, 6.07) is 6.49. The van der Waals surface area contributed by atoms with Crippen LogP contribution < -0.4 is 0 Å². The predicted molar refractivity (Wildman–Crippen MR) is 87.5 cm³/mol. The van der Waals surface area contributed by atoms with Gasteiger partial charge in [0.1, 0.15) is 0 Å². The molecule has 0 spiro atoms. The topological polar surface area (TPSA) is 86.3 Å². The molecular formula is C16H16BrN3O3. The number of aromatic nitrogens is 2. The summed E-state index contributed by atoms with van der Waals surface area (Å²) in [5.41, 5.74) is 2.47. The third kappa shape index (κ3) is 3.29. The second kappa shape index (κ2) is 6.16. The molecule has 1 amide bonds. The van der Waals surface area contributed by atoms with Crippen LogP contribution in [0.3, 0.4) is 0 Å². The normalized spacial score (nSPS) is 13.8. The molecule has 0 radical (unpaired) electrons. The van der Waals surface area contributed by atoms with E-state index in [1.807, 2.05) is 0 Å². The fourth-order valence-corrected chi connectivity index (χ4v) is 3.08. The van der Waals surface area contributed by atoms with Gasteiger partial charge in [-0.2, -0.15) is 5.10 Å². The Morgan fingerprint density at radius 3 is 2.57 bits per heavy atom. The average Bonchev–Trinajstić information content (AvgIpc) is 3.30. The molecular weight excluding hydrogens is 362 g/mol. The number of carbonyl (C=O) groups excluding carboxylic acids is 1. The smallest absolute Gasteiger partial charge is 0.335 e. The highest BCUT2D eigenvalue weighted by Crippen LogP contribution is 2.43. The number of amides is 1. The van der Waals surface area contributed by atoms with Crippen LogP contribution in [0.4, 0.5) is 0 Å². The Morgan fingerprint density at radius 1 is 1.35 bits per heavy atom. The van der Waals surface area contributed by atoms with Crippen molar-refractivity contribution in [1.29, 1.82) is 0 Å². The van der Waals surface area contributed by atoms with Crippen LogP contribution in [0.5, 0.6) is 0 Å². The number of nitrogens with one attached hydrogen (secondary N) is 1. The first-order valence-electron chi connectivity index (χ1n) is 7.29. The SMILES string of the molecule is CN(Cc1ccc(C(=O)O)cc1)C(=O)c1n[nH]c(C2CC2)c1Br. The van der Waals surface area contributed by atoms with Gasteiger partial charge in [-0.05, 0) is 46.5 Å². The molecule has 0 unspecified atom stereocenters. The van der Waals surface area contributed by atoms with Crippen molar-refractivity contribution in [3.8, 4) is 0 Å². The summed E-state index contributed by atoms with van der Waals surface area (Å²) in [4.78, 5) is 24.9. The van der Waals surface area contributed by atoms with Gasteiger partial charge in [-0.3, -0.25) is 9.89 Å². The number of hydrogen-bond acceptors (Lipinski definition) is 3. The quantitative estimate of drug-likeness (QED) is 0.838. The molecule has 0 atom stereocenters. The molecule has 0 saturated heterocycles. The van der Waals surface area contributed by atoms with Crippen LogP contribution in [0.2, 0.25) is 0 Å². The zero-order valence-corrected chi connectivity index (χ0v) is 14.1. The lowest BCUT2D eigenvalue weighted by atomic mass is 10.1. The van der Waals surface area contributed by atoms with Gasteiger partial charge in [0.2, 0.25) is 0 Å². The third-order valence-electron chi connectivity index (χ3n) is 3.89. The van der Waals surface area contributed by atoms with E-state index in [0.29, 0.717) is 18.2 Å². The Bertz CT molecular complexity index is 750. The van der Waals surface area contributed by atoms with E-state index in [-0.39, 0.29) is 11.5 Å². The first-order valence-corrected chi connectivity index (χ1v) is 8.08. The molecule has 2 aromatic rings. The number of hydrogen-bond donors (Lipinski definition) is 2. The summed E-state index contributed by atoms with van der Waals surface area (Å²) < 4.78 is 0.748. The van der Waals surface area contributed by atoms with Crippen molar-refractivity contribution in [2.75, 3.05) is 7.05 Å². The van der Waals surface area contributed by atoms with E-state index in [1.54, 1.807) is 24.1 Å². The third-order valence-corrected chi connectivity index (χ3v) is 4.69. The van der Waals surface area contributed by atoms with Gasteiger partial charge in [0.05, 0.1) is 15.7 Å². The standard InChI is InChI=1S/C16H16BrN3O3/c1-20(8-9-2-4-11(5-3-9)16(22)23)15(21)14-12(17)13(18-19-14)10-6-7-10/h2-5,10H,6-8H2,1H3,(H,18,19)(H,22,23). The van der Waals surface area contributed by atoms with Crippen LogP contribution in [0.25, 0.3) is 0 Å². The second-order valence-electron chi connectivity index (χ2n) is 5.74. The Morgan fingerprint density at radius 2 is 2.00 bits per heavy atom. The van der Waals surface area contributed by atoms with Gasteiger partial charge in [0.15, 0.2) is 5.69 Å². The molecule has 3 rings (SSSR count). The van der Waals surface area contributed by atoms with Crippen LogP contribution >= 0.6 is 15.9 Å². The highest BCUT2D eigenvalue weighted by atomic mass is 79.9. The van der Waals surface area contributed by atoms with E-state index < -0.39 is 5.97 Å². The molecule has 23 heavy (non-hydrogen) atoms. The van der Waals surface area contributed by atoms with E-state index in [4.69, 9.17) is 5.11 Å². The lowest BCUT2D eigenvalue weighted by Gasteiger charge is -2.16. The summed E-state index contributed by atoms with van der Waals surface area (Å²) in [5, 5.41) is 16.0. The highest BCUT2D eigenvalue weighted by Gasteiger charge is 2.31. The van der Waals surface area contributed by atoms with Gasteiger partial charge < -0.3 is 10.0 Å². The Labute approximate surface area is 141 Å². The maximum Gasteiger partial charge on any atom is 0.335 e. The van der Waals surface area contributed by atoms with Gasteiger partial charge in [0, 0.05) is 19.5 Å². The predicted octanol–water partition coefficient (Wildman–Crippen LogP) is 3.02. The number of nitrogens with zero attached hydrogens (tertiary/aromatic N) is 2. The number of rotatable bonds is 5. The summed E-state index contributed by atoms with van der Waals surface area (Å²) in [6.45, 7) is 0.386. The molecule has 1 fully saturated rings. The molecule has 1 heterocycles. The zero-order valence-electron chi connectivity index (χ0n) is 12.5. The largest absolute Gasteiger partial charge is 0.478 e. The van der Waals surface area contributed by atoms with E-state index in [2.05, 4.69) is 26.1 Å². The summed E-state index contributed by atoms with van der Waals surface area (Å²) in [7, 11) is 1.70. The van der Waals surface area contributed by atoms with Crippen LogP contribution in [0, 0.1) is 0 Å². The highest BCUT2D eigenvalue weighted by molar-refractivity contribution is 9.10. The molecule has 0 bridgehead atoms. The van der Waals surface area contributed by atoms with Crippen LogP contribution in [-0.4, -0.2) is 39.1 Å². The Kier molecular flexibility index (Phi) is 4.21. The van der Waals surface area contributed by atoms with Gasteiger partial charge >= 0.3 is 5.97 Å². The summed E-state index contributed by atoms with van der Waals surface area (Å²) in [6.07, 6.45) is 2.25. The monoisotopic (exact) mass is 377 g/mol. The number of aromatic amines is 1. The number of carboxylic acid groups (broad SMARTS) is 1. The fourth-order valence-electron chi connectivity index (χ4n) is 2.41. The summed E-state index contributed by atoms with van der Waals surface area (Å²) >= 11 is 3.47. The minimum Gasteiger partial charge on any atom is -0.478 e. The fraction of sp³-hybridized carbons (Fsp3) is 0.312. The lowest BCUT2D eigenvalue weighted by molar-refractivity contribution is 0.0695. The molecule has 1 aliphatic carbocycles. The van der Waals surface area contributed by atoms with Crippen LogP contribution in [0.15, 0.2) is 28.7 Å². The molecule has 120 valence electrons. The lowest BCUT2D eigenvalue weighted by Crippen LogP contribution is -2.26. The average molecular weight is 378 g/mol. The zero-order chi connectivity index (χ0) is 16.6. The molecule has 1 aromatic carbocycles. The number of aromatic carboxylic acids is 1. The van der Waals surface area contributed by atoms with Crippen molar-refractivity contribution < 1.29 is 14.7 Å². The van der Waals surface area contributed by atoms with Gasteiger partial charge in [-0.25, -0.2) is 4.79 Å². The van der Waals surface area contributed by atoms with Crippen molar-refractivity contribution in [3.63, 3.8) is 0 Å². The van der Waals surface area contributed by atoms with E-state index >= 15 is 0 Å². The molecule has 7 heteroatoms. The van der Waals surface area contributed by atoms with E-state index in [0.717, 1.165) is 28.6 Å². The molecule has 1 aromatic heterocycles. The number of carbonyl (C=O) groups is 2. The summed E-state index contributed by atoms with van der Waals surface area (Å²) in [5.74, 6) is -0.663. The van der Waals surface area contributed by atoms with Crippen molar-refractivity contribution in [2.24, 2.45) is 0 Å². The minimum absolute atomic E-state index is 0.178. The van der Waals surface area contributed by atoms with Gasteiger partial charge in [-0.15, -0.1) is 0 Å². The maximum atomic E-state index is 12.5. The van der Waals surface area contributed by atoms with Gasteiger partial charge in [0.25, 0.3) is 5.91 Å². The number of carboxylic acids is 1. The minimum atomic E-state index is -0.964. The molecule has 1 saturated carbocycles. The molecule has 6 nitrogen and oxygen atoms in total. The van der Waals surface area contributed by atoms with Crippen LogP contribution in [-0.2, 0) is 6.54 Å². The number of halogens is 1. The first kappa shape index (κ1) is 15.7. The molecule has 0 aliphatic heterocycles. The van der Waals surface area contributed by atoms with Crippen molar-refractivity contribution >= 4 is 27.8 Å². The van der Waals surface area contributed by atoms with Crippen molar-refractivity contribution in [1.82, 2.24) is 15.1 Å². The van der Waals surface area contributed by atoms with E-state index in [1.165, 1.54) is 12.1 Å². The Hall–Kier alpha value is -2.15. The first-order chi connectivity index (χ1) is 11.0. The van der Waals surface area contributed by atoms with Crippen LogP contribution in [0.1, 0.15) is 50.9 Å². The van der Waals surface area contributed by atoms with Crippen molar-refractivity contribution in [2.45, 2.75) is 25.3 Å². The number of benzene rings is 1.